The van der Waals surface area contributed by atoms with E-state index >= 15 is 0 Å². The molecular formula is C14H21NO. The zero-order valence-corrected chi connectivity index (χ0v) is 10.2. The predicted molar refractivity (Wildman–Crippen MR) is 66.3 cm³/mol. The molecular weight excluding hydrogens is 198 g/mol. The third kappa shape index (κ3) is 2.13. The van der Waals surface area contributed by atoms with Crippen molar-refractivity contribution in [2.24, 2.45) is 5.73 Å². The molecule has 1 fully saturated rings. The molecule has 2 rings (SSSR count). The highest BCUT2D eigenvalue weighted by atomic mass is 16.3. The second-order valence-electron chi connectivity index (χ2n) is 5.19. The molecule has 2 heteroatoms. The van der Waals surface area contributed by atoms with Crippen molar-refractivity contribution in [1.29, 1.82) is 0 Å². The second kappa shape index (κ2) is 4.19. The fourth-order valence-electron chi connectivity index (χ4n) is 2.72. The lowest BCUT2D eigenvalue weighted by Crippen LogP contribution is -2.37. The van der Waals surface area contributed by atoms with Crippen molar-refractivity contribution >= 4 is 0 Å². The Kier molecular flexibility index (Phi) is 3.04. The number of hydrogen-bond acceptors (Lipinski definition) is 2. The fourth-order valence-corrected chi connectivity index (χ4v) is 2.72. The van der Waals surface area contributed by atoms with Gasteiger partial charge in [0.15, 0.2) is 0 Å². The summed E-state index contributed by atoms with van der Waals surface area (Å²) in [5.41, 5.74) is 8.77. The lowest BCUT2D eigenvalue weighted by Gasteiger charge is -2.36. The molecule has 0 atom stereocenters. The molecule has 0 aliphatic heterocycles. The van der Waals surface area contributed by atoms with Gasteiger partial charge in [0.25, 0.3) is 0 Å². The van der Waals surface area contributed by atoms with Crippen LogP contribution < -0.4 is 5.73 Å². The molecule has 0 heterocycles. The van der Waals surface area contributed by atoms with E-state index in [-0.39, 0.29) is 6.04 Å². The Hall–Kier alpha value is -0.860. The van der Waals surface area contributed by atoms with E-state index in [0.29, 0.717) is 0 Å². The van der Waals surface area contributed by atoms with Crippen LogP contribution in [0.1, 0.15) is 42.4 Å². The van der Waals surface area contributed by atoms with Crippen LogP contribution in [0.4, 0.5) is 0 Å². The van der Waals surface area contributed by atoms with Crippen LogP contribution in [0.5, 0.6) is 0 Å². The van der Waals surface area contributed by atoms with Crippen LogP contribution >= 0.6 is 0 Å². The van der Waals surface area contributed by atoms with Crippen LogP contribution in [0.2, 0.25) is 0 Å². The number of rotatable bonds is 1. The van der Waals surface area contributed by atoms with E-state index < -0.39 is 5.60 Å². The zero-order chi connectivity index (χ0) is 11.8. The van der Waals surface area contributed by atoms with Gasteiger partial charge in [0, 0.05) is 6.04 Å². The fraction of sp³-hybridized carbons (Fsp3) is 0.571. The summed E-state index contributed by atoms with van der Waals surface area (Å²) in [6.07, 6.45) is 3.42. The first-order valence-electron chi connectivity index (χ1n) is 6.07. The molecule has 1 saturated carbocycles. The average molecular weight is 219 g/mol. The highest BCUT2D eigenvalue weighted by Gasteiger charge is 2.34. The minimum atomic E-state index is -0.645. The molecule has 3 N–H and O–H groups in total. The Labute approximate surface area is 97.5 Å². The standard InChI is InChI=1S/C14H21NO/c1-10-3-4-13(11(2)9-10)14(16)7-5-12(15)6-8-14/h3-4,9,12,16H,5-8,15H2,1-2H3. The first-order valence-corrected chi connectivity index (χ1v) is 6.07. The first kappa shape index (κ1) is 11.6. The zero-order valence-electron chi connectivity index (χ0n) is 10.2. The largest absolute Gasteiger partial charge is 0.385 e. The summed E-state index contributed by atoms with van der Waals surface area (Å²) in [5.74, 6) is 0. The Morgan fingerprint density at radius 3 is 2.44 bits per heavy atom. The van der Waals surface area contributed by atoms with Crippen molar-refractivity contribution < 1.29 is 5.11 Å². The summed E-state index contributed by atoms with van der Waals surface area (Å²) in [4.78, 5) is 0. The van der Waals surface area contributed by atoms with E-state index in [1.165, 1.54) is 11.1 Å². The Morgan fingerprint density at radius 1 is 1.25 bits per heavy atom. The molecule has 16 heavy (non-hydrogen) atoms. The van der Waals surface area contributed by atoms with Crippen molar-refractivity contribution in [3.8, 4) is 0 Å². The molecule has 88 valence electrons. The van der Waals surface area contributed by atoms with Crippen LogP contribution in [0, 0.1) is 13.8 Å². The molecule has 1 aromatic rings. The van der Waals surface area contributed by atoms with Crippen LogP contribution in [0.25, 0.3) is 0 Å². The Morgan fingerprint density at radius 2 is 1.88 bits per heavy atom. The van der Waals surface area contributed by atoms with E-state index in [1.807, 2.05) is 0 Å². The molecule has 0 bridgehead atoms. The summed E-state index contributed by atoms with van der Waals surface area (Å²) >= 11 is 0. The van der Waals surface area contributed by atoms with Gasteiger partial charge in [-0.05, 0) is 50.7 Å². The number of nitrogens with two attached hydrogens (primary N) is 1. The van der Waals surface area contributed by atoms with E-state index in [0.717, 1.165) is 31.2 Å². The van der Waals surface area contributed by atoms with Crippen LogP contribution in [0.3, 0.4) is 0 Å². The van der Waals surface area contributed by atoms with Gasteiger partial charge in [-0.1, -0.05) is 23.8 Å². The maximum Gasteiger partial charge on any atom is 0.0900 e. The second-order valence-corrected chi connectivity index (χ2v) is 5.19. The quantitative estimate of drug-likeness (QED) is 0.762. The average Bonchev–Trinajstić information content (AvgIpc) is 2.22. The number of aliphatic hydroxyl groups is 1. The van der Waals surface area contributed by atoms with Gasteiger partial charge in [-0.3, -0.25) is 0 Å². The predicted octanol–water partition coefficient (Wildman–Crippen LogP) is 2.39. The van der Waals surface area contributed by atoms with Crippen molar-refractivity contribution in [2.45, 2.75) is 51.2 Å². The lowest BCUT2D eigenvalue weighted by atomic mass is 9.76. The Bertz CT molecular complexity index is 378. The Balaban J connectivity index is 2.29. The molecule has 2 nitrogen and oxygen atoms in total. The molecule has 1 aliphatic rings. The van der Waals surface area contributed by atoms with Crippen molar-refractivity contribution in [2.75, 3.05) is 0 Å². The number of hydrogen-bond donors (Lipinski definition) is 2. The van der Waals surface area contributed by atoms with Gasteiger partial charge < -0.3 is 10.8 Å². The highest BCUT2D eigenvalue weighted by molar-refractivity contribution is 5.35. The van der Waals surface area contributed by atoms with Gasteiger partial charge in [0.05, 0.1) is 5.60 Å². The molecule has 1 aromatic carbocycles. The van der Waals surface area contributed by atoms with Crippen LogP contribution in [0.15, 0.2) is 18.2 Å². The summed E-state index contributed by atoms with van der Waals surface area (Å²) in [5, 5.41) is 10.7. The summed E-state index contributed by atoms with van der Waals surface area (Å²) in [7, 11) is 0. The van der Waals surface area contributed by atoms with Crippen LogP contribution in [-0.2, 0) is 5.60 Å². The van der Waals surface area contributed by atoms with Gasteiger partial charge in [0.1, 0.15) is 0 Å². The third-order valence-corrected chi connectivity index (χ3v) is 3.74. The first-order chi connectivity index (χ1) is 7.51. The minimum Gasteiger partial charge on any atom is -0.385 e. The smallest absolute Gasteiger partial charge is 0.0900 e. The minimum absolute atomic E-state index is 0.269. The van der Waals surface area contributed by atoms with Crippen LogP contribution in [-0.4, -0.2) is 11.1 Å². The van der Waals surface area contributed by atoms with Gasteiger partial charge in [-0.15, -0.1) is 0 Å². The van der Waals surface area contributed by atoms with E-state index in [2.05, 4.69) is 32.0 Å². The van der Waals surface area contributed by atoms with Gasteiger partial charge in [0.2, 0.25) is 0 Å². The monoisotopic (exact) mass is 219 g/mol. The van der Waals surface area contributed by atoms with E-state index in [4.69, 9.17) is 5.73 Å². The van der Waals surface area contributed by atoms with Crippen molar-refractivity contribution in [1.82, 2.24) is 0 Å². The topological polar surface area (TPSA) is 46.2 Å². The van der Waals surface area contributed by atoms with E-state index in [1.54, 1.807) is 0 Å². The molecule has 0 saturated heterocycles. The summed E-state index contributed by atoms with van der Waals surface area (Å²) in [6.45, 7) is 4.16. The van der Waals surface area contributed by atoms with Gasteiger partial charge in [-0.25, -0.2) is 0 Å². The highest BCUT2D eigenvalue weighted by Crippen LogP contribution is 2.38. The van der Waals surface area contributed by atoms with E-state index in [9.17, 15) is 5.11 Å². The van der Waals surface area contributed by atoms with Crippen molar-refractivity contribution in [3.05, 3.63) is 34.9 Å². The SMILES string of the molecule is Cc1ccc(C2(O)CCC(N)CC2)c(C)c1. The maximum atomic E-state index is 10.7. The maximum absolute atomic E-state index is 10.7. The molecule has 0 radical (unpaired) electrons. The number of benzene rings is 1. The number of aryl methyl sites for hydroxylation is 2. The van der Waals surface area contributed by atoms with Gasteiger partial charge >= 0.3 is 0 Å². The lowest BCUT2D eigenvalue weighted by molar-refractivity contribution is -0.00550. The molecule has 1 aliphatic carbocycles. The van der Waals surface area contributed by atoms with Crippen molar-refractivity contribution in [3.63, 3.8) is 0 Å². The molecule has 0 amide bonds. The third-order valence-electron chi connectivity index (χ3n) is 3.74. The molecule has 0 unspecified atom stereocenters. The molecule has 0 aromatic heterocycles. The molecule has 0 spiro atoms. The normalized spacial score (nSPS) is 30.4. The summed E-state index contributed by atoms with van der Waals surface area (Å²) in [6, 6.07) is 6.56. The van der Waals surface area contributed by atoms with Gasteiger partial charge in [-0.2, -0.15) is 0 Å². The summed E-state index contributed by atoms with van der Waals surface area (Å²) < 4.78 is 0.